The van der Waals surface area contributed by atoms with Crippen LogP contribution >= 0.6 is 44.3 Å². The van der Waals surface area contributed by atoms with Crippen LogP contribution in [0.25, 0.3) is 0 Å². The molecule has 0 unspecified atom stereocenters. The number of benzene rings is 1. The molecule has 0 spiro atoms. The van der Waals surface area contributed by atoms with E-state index in [9.17, 15) is 0 Å². The van der Waals surface area contributed by atoms with Crippen LogP contribution in [0.2, 0.25) is 0 Å². The van der Waals surface area contributed by atoms with E-state index in [1.807, 2.05) is 24.3 Å². The highest BCUT2D eigenvalue weighted by atomic mass is 79.9. The van der Waals surface area contributed by atoms with Crippen molar-refractivity contribution < 1.29 is 0 Å². The summed E-state index contributed by atoms with van der Waals surface area (Å²) in [5.41, 5.74) is 7.04. The van der Waals surface area contributed by atoms with E-state index >= 15 is 0 Å². The minimum Gasteiger partial charge on any atom is -0.324 e. The van der Waals surface area contributed by atoms with E-state index in [0.717, 1.165) is 20.9 Å². The van der Waals surface area contributed by atoms with Crippen molar-refractivity contribution in [2.45, 2.75) is 12.5 Å². The maximum absolute atomic E-state index is 5.93. The van der Waals surface area contributed by atoms with Crippen LogP contribution in [0.3, 0.4) is 0 Å². The van der Waals surface area contributed by atoms with Crippen molar-refractivity contribution in [2.24, 2.45) is 5.73 Å². The van der Waals surface area contributed by atoms with Gasteiger partial charge < -0.3 is 5.73 Å². The van der Waals surface area contributed by atoms with E-state index in [-0.39, 0.29) is 18.4 Å². The van der Waals surface area contributed by atoms with Gasteiger partial charge in [-0.2, -0.15) is 0 Å². The van der Waals surface area contributed by atoms with E-state index in [2.05, 4.69) is 38.4 Å². The molecule has 1 atom stereocenters. The average Bonchev–Trinajstić information content (AvgIpc) is 2.03. The van der Waals surface area contributed by atoms with Gasteiger partial charge in [0.25, 0.3) is 0 Å². The summed E-state index contributed by atoms with van der Waals surface area (Å²) in [6, 6.07) is 6.08. The third kappa shape index (κ3) is 4.13. The van der Waals surface area contributed by atoms with Gasteiger partial charge >= 0.3 is 0 Å². The largest absolute Gasteiger partial charge is 0.324 e. The van der Waals surface area contributed by atoms with Crippen LogP contribution in [0.5, 0.6) is 0 Å². The summed E-state index contributed by atoms with van der Waals surface area (Å²) >= 11 is 6.84. The minimum absolute atomic E-state index is 0. The summed E-state index contributed by atoms with van der Waals surface area (Å²) in [5.74, 6) is 0. The molecule has 1 aromatic rings. The van der Waals surface area contributed by atoms with Crippen LogP contribution in [0.1, 0.15) is 18.0 Å². The Bertz CT molecular complexity index is 295. The van der Waals surface area contributed by atoms with Crippen LogP contribution in [0.4, 0.5) is 0 Å². The van der Waals surface area contributed by atoms with E-state index in [1.54, 1.807) is 0 Å². The first-order valence-corrected chi connectivity index (χ1v) is 5.54. The fraction of sp³-hybridized carbons (Fsp3) is 0.200. The molecule has 78 valence electrons. The molecular weight excluding hydrogens is 329 g/mol. The molecule has 0 aliphatic rings. The lowest BCUT2D eigenvalue weighted by Gasteiger charge is -2.10. The number of hydrogen-bond donors (Lipinski definition) is 1. The van der Waals surface area contributed by atoms with Crippen molar-refractivity contribution >= 4 is 44.3 Å². The highest BCUT2D eigenvalue weighted by molar-refractivity contribution is 9.11. The maximum Gasteiger partial charge on any atom is 0.0330 e. The Morgan fingerprint density at radius 2 is 1.79 bits per heavy atom. The lowest BCUT2D eigenvalue weighted by Crippen LogP contribution is -2.08. The molecule has 14 heavy (non-hydrogen) atoms. The van der Waals surface area contributed by atoms with Crippen LogP contribution in [0.15, 0.2) is 39.8 Å². The summed E-state index contributed by atoms with van der Waals surface area (Å²) in [4.78, 5) is 0. The summed E-state index contributed by atoms with van der Waals surface area (Å²) in [6.07, 6.45) is 2.63. The number of hydrogen-bond acceptors (Lipinski definition) is 1. The zero-order chi connectivity index (χ0) is 9.84. The predicted octanol–water partition coefficient (Wildman–Crippen LogP) is 4.21. The Labute approximate surface area is 107 Å². The number of rotatable bonds is 3. The molecule has 0 fully saturated rings. The molecule has 1 rings (SSSR count). The predicted molar refractivity (Wildman–Crippen MR) is 70.8 cm³/mol. The first-order chi connectivity index (χ1) is 6.13. The highest BCUT2D eigenvalue weighted by Crippen LogP contribution is 2.24. The standard InChI is InChI=1S/C10H11Br2N.ClH/c1-2-3-10(13)7-4-8(11)6-9(12)5-7;/h2,4-6,10H,1,3,13H2;1H/t10-;/m0./s1. The molecule has 0 amide bonds. The van der Waals surface area contributed by atoms with Gasteiger partial charge in [-0.25, -0.2) is 0 Å². The lowest BCUT2D eigenvalue weighted by molar-refractivity contribution is 0.741. The molecule has 0 aliphatic carbocycles. The van der Waals surface area contributed by atoms with Gasteiger partial charge in [0, 0.05) is 15.0 Å². The molecule has 0 heterocycles. The SMILES string of the molecule is C=CC[C@H](N)c1cc(Br)cc(Br)c1.Cl. The van der Waals surface area contributed by atoms with E-state index < -0.39 is 0 Å². The van der Waals surface area contributed by atoms with E-state index in [4.69, 9.17) is 5.73 Å². The smallest absolute Gasteiger partial charge is 0.0330 e. The molecule has 0 aliphatic heterocycles. The summed E-state index contributed by atoms with van der Waals surface area (Å²) in [6.45, 7) is 3.67. The quantitative estimate of drug-likeness (QED) is 0.819. The van der Waals surface area contributed by atoms with Crippen molar-refractivity contribution in [3.63, 3.8) is 0 Å². The first kappa shape index (κ1) is 14.2. The molecule has 2 N–H and O–H groups in total. The average molecular weight is 341 g/mol. The summed E-state index contributed by atoms with van der Waals surface area (Å²) in [7, 11) is 0. The molecule has 0 bridgehead atoms. The van der Waals surface area contributed by atoms with Gasteiger partial charge in [0.05, 0.1) is 0 Å². The zero-order valence-electron chi connectivity index (χ0n) is 7.54. The normalized spacial score (nSPS) is 11.6. The van der Waals surface area contributed by atoms with Crippen molar-refractivity contribution in [1.82, 2.24) is 0 Å². The number of nitrogens with two attached hydrogens (primary N) is 1. The third-order valence-corrected chi connectivity index (χ3v) is 2.65. The van der Waals surface area contributed by atoms with Crippen molar-refractivity contribution in [2.75, 3.05) is 0 Å². The van der Waals surface area contributed by atoms with Crippen molar-refractivity contribution in [3.8, 4) is 0 Å². The van der Waals surface area contributed by atoms with Crippen molar-refractivity contribution in [3.05, 3.63) is 45.4 Å². The Morgan fingerprint density at radius 1 is 1.29 bits per heavy atom. The molecule has 0 radical (unpaired) electrons. The summed E-state index contributed by atoms with van der Waals surface area (Å²) < 4.78 is 2.08. The van der Waals surface area contributed by atoms with Gasteiger partial charge in [0.15, 0.2) is 0 Å². The van der Waals surface area contributed by atoms with Gasteiger partial charge in [0.1, 0.15) is 0 Å². The monoisotopic (exact) mass is 339 g/mol. The molecule has 0 saturated heterocycles. The molecule has 0 saturated carbocycles. The molecule has 4 heteroatoms. The van der Waals surface area contributed by atoms with Gasteiger partial charge in [-0.1, -0.05) is 37.9 Å². The van der Waals surface area contributed by atoms with Gasteiger partial charge in [-0.3, -0.25) is 0 Å². The van der Waals surface area contributed by atoms with Gasteiger partial charge in [-0.15, -0.1) is 19.0 Å². The van der Waals surface area contributed by atoms with Crippen LogP contribution < -0.4 is 5.73 Å². The Balaban J connectivity index is 0.00000169. The fourth-order valence-corrected chi connectivity index (χ4v) is 2.43. The maximum atomic E-state index is 5.93. The second-order valence-electron chi connectivity index (χ2n) is 2.83. The second-order valence-corrected chi connectivity index (χ2v) is 4.67. The first-order valence-electron chi connectivity index (χ1n) is 3.96. The lowest BCUT2D eigenvalue weighted by atomic mass is 10.1. The summed E-state index contributed by atoms with van der Waals surface area (Å²) in [5, 5.41) is 0. The van der Waals surface area contributed by atoms with Crippen LogP contribution in [-0.2, 0) is 0 Å². The Kier molecular flexibility index (Phi) is 6.70. The molecule has 1 nitrogen and oxygen atoms in total. The molecule has 0 aromatic heterocycles. The highest BCUT2D eigenvalue weighted by Gasteiger charge is 2.05. The van der Waals surface area contributed by atoms with Gasteiger partial charge in [-0.05, 0) is 30.2 Å². The molecular formula is C10H12Br2ClN. The second kappa shape index (κ2) is 6.62. The topological polar surface area (TPSA) is 26.0 Å². The van der Waals surface area contributed by atoms with E-state index in [0.29, 0.717) is 0 Å². The Morgan fingerprint density at radius 3 is 2.21 bits per heavy atom. The van der Waals surface area contributed by atoms with Crippen LogP contribution in [0, 0.1) is 0 Å². The molecule has 1 aromatic carbocycles. The fourth-order valence-electron chi connectivity index (χ4n) is 1.10. The Hall–Kier alpha value is 0.170. The van der Waals surface area contributed by atoms with E-state index in [1.165, 1.54) is 0 Å². The minimum atomic E-state index is 0. The zero-order valence-corrected chi connectivity index (χ0v) is 11.5. The van der Waals surface area contributed by atoms with Crippen LogP contribution in [-0.4, -0.2) is 0 Å². The third-order valence-electron chi connectivity index (χ3n) is 1.73. The number of halogens is 3. The van der Waals surface area contributed by atoms with Gasteiger partial charge in [0.2, 0.25) is 0 Å². The van der Waals surface area contributed by atoms with Crippen molar-refractivity contribution in [1.29, 1.82) is 0 Å².